The zero-order valence-corrected chi connectivity index (χ0v) is 15.9. The van der Waals surface area contributed by atoms with E-state index in [1.807, 2.05) is 0 Å². The van der Waals surface area contributed by atoms with Gasteiger partial charge in [-0.05, 0) is 24.3 Å². The van der Waals surface area contributed by atoms with Crippen molar-refractivity contribution in [1.29, 1.82) is 0 Å². The highest BCUT2D eigenvalue weighted by molar-refractivity contribution is 6.09. The van der Waals surface area contributed by atoms with Crippen LogP contribution in [-0.2, 0) is 0 Å². The molecule has 0 atom stereocenters. The molecule has 0 saturated carbocycles. The fraction of sp³-hybridized carbons (Fsp3) is 0.190. The lowest BCUT2D eigenvalue weighted by Gasteiger charge is -2.14. The van der Waals surface area contributed by atoms with E-state index in [9.17, 15) is 4.79 Å². The molecule has 3 heterocycles. The molecular weight excluding hydrogens is 380 g/mol. The van der Waals surface area contributed by atoms with E-state index in [1.54, 1.807) is 24.3 Å². The number of ether oxygens (including phenoxy) is 5. The Balaban J connectivity index is 1.91. The van der Waals surface area contributed by atoms with E-state index >= 15 is 0 Å². The van der Waals surface area contributed by atoms with Crippen LogP contribution in [0.3, 0.4) is 0 Å². The number of methoxy groups -OCH3 is 3. The van der Waals surface area contributed by atoms with Crippen LogP contribution in [0.2, 0.25) is 0 Å². The van der Waals surface area contributed by atoms with Crippen molar-refractivity contribution in [2.24, 2.45) is 0 Å². The molecule has 29 heavy (non-hydrogen) atoms. The van der Waals surface area contributed by atoms with Gasteiger partial charge in [0.05, 0.1) is 33.0 Å². The largest absolute Gasteiger partial charge is 0.492 e. The quantitative estimate of drug-likeness (QED) is 0.512. The number of hydrogen-bond acceptors (Lipinski definition) is 8. The minimum Gasteiger partial charge on any atom is -0.492 e. The van der Waals surface area contributed by atoms with Crippen LogP contribution in [0.5, 0.6) is 28.7 Å². The predicted molar refractivity (Wildman–Crippen MR) is 103 cm³/mol. The van der Waals surface area contributed by atoms with Crippen molar-refractivity contribution in [1.82, 2.24) is 0 Å². The molecule has 2 aromatic heterocycles. The van der Waals surface area contributed by atoms with Gasteiger partial charge >= 0.3 is 0 Å². The number of benzene rings is 2. The maximum absolute atomic E-state index is 13.4. The van der Waals surface area contributed by atoms with Gasteiger partial charge < -0.3 is 32.5 Å². The summed E-state index contributed by atoms with van der Waals surface area (Å²) in [5, 5.41) is 0.791. The Hall–Kier alpha value is -3.81. The molecule has 0 spiro atoms. The Labute approximate surface area is 164 Å². The van der Waals surface area contributed by atoms with Crippen LogP contribution in [0.25, 0.3) is 33.3 Å². The molecule has 0 radical (unpaired) electrons. The highest BCUT2D eigenvalue weighted by atomic mass is 16.7. The second-order valence-electron chi connectivity index (χ2n) is 6.30. The summed E-state index contributed by atoms with van der Waals surface area (Å²) in [4.78, 5) is 13.4. The fourth-order valence-corrected chi connectivity index (χ4v) is 3.59. The second-order valence-corrected chi connectivity index (χ2v) is 6.30. The van der Waals surface area contributed by atoms with Crippen LogP contribution in [0.4, 0.5) is 0 Å². The summed E-state index contributed by atoms with van der Waals surface area (Å²) in [5.41, 5.74) is 0.947. The lowest BCUT2D eigenvalue weighted by atomic mass is 10.1. The van der Waals surface area contributed by atoms with Crippen LogP contribution in [0.15, 0.2) is 44.2 Å². The maximum Gasteiger partial charge on any atom is 0.239 e. The third-order valence-corrected chi connectivity index (χ3v) is 4.87. The smallest absolute Gasteiger partial charge is 0.239 e. The second kappa shape index (κ2) is 6.37. The lowest BCUT2D eigenvalue weighted by Crippen LogP contribution is -2.09. The van der Waals surface area contributed by atoms with E-state index in [-0.39, 0.29) is 34.9 Å². The highest BCUT2D eigenvalue weighted by Crippen LogP contribution is 2.46. The van der Waals surface area contributed by atoms with Crippen LogP contribution < -0.4 is 29.1 Å². The van der Waals surface area contributed by atoms with Crippen LogP contribution in [0.1, 0.15) is 0 Å². The van der Waals surface area contributed by atoms with Gasteiger partial charge in [-0.1, -0.05) is 0 Å². The van der Waals surface area contributed by atoms with Gasteiger partial charge in [0.2, 0.25) is 23.7 Å². The molecule has 4 aromatic rings. The molecule has 0 unspecified atom stereocenters. The third kappa shape index (κ3) is 2.35. The molecule has 1 aliphatic rings. The molecule has 8 nitrogen and oxygen atoms in total. The zero-order chi connectivity index (χ0) is 20.1. The van der Waals surface area contributed by atoms with E-state index < -0.39 is 0 Å². The number of fused-ring (bicyclic) bond motifs is 4. The van der Waals surface area contributed by atoms with Crippen LogP contribution >= 0.6 is 0 Å². The minimum absolute atomic E-state index is 0.0413. The molecule has 8 heteroatoms. The summed E-state index contributed by atoms with van der Waals surface area (Å²) in [6.07, 6.45) is 1.50. The first-order valence-corrected chi connectivity index (χ1v) is 8.73. The number of hydrogen-bond donors (Lipinski definition) is 0. The summed E-state index contributed by atoms with van der Waals surface area (Å²) >= 11 is 0. The fourth-order valence-electron chi connectivity index (χ4n) is 3.59. The van der Waals surface area contributed by atoms with Gasteiger partial charge in [-0.25, -0.2) is 0 Å². The Bertz CT molecular complexity index is 1310. The van der Waals surface area contributed by atoms with Crippen molar-refractivity contribution in [3.05, 3.63) is 40.8 Å². The van der Waals surface area contributed by atoms with Gasteiger partial charge in [-0.2, -0.15) is 0 Å². The summed E-state index contributed by atoms with van der Waals surface area (Å²) < 4.78 is 38.9. The SMILES string of the molecule is COc1c(-c2ccc3c(c2)OCO3)oc2c(c(OC)c(OC)c3occc32)c1=O. The van der Waals surface area contributed by atoms with Crippen molar-refractivity contribution in [2.45, 2.75) is 0 Å². The Kier molecular flexibility index (Phi) is 3.80. The van der Waals surface area contributed by atoms with Crippen molar-refractivity contribution in [3.8, 4) is 40.1 Å². The first kappa shape index (κ1) is 17.3. The molecule has 1 aliphatic heterocycles. The zero-order valence-electron chi connectivity index (χ0n) is 15.9. The summed E-state index contributed by atoms with van der Waals surface area (Å²) in [7, 11) is 4.34. The first-order valence-electron chi connectivity index (χ1n) is 8.73. The Morgan fingerprint density at radius 2 is 1.62 bits per heavy atom. The van der Waals surface area contributed by atoms with E-state index in [2.05, 4.69) is 0 Å². The lowest BCUT2D eigenvalue weighted by molar-refractivity contribution is 0.174. The average Bonchev–Trinajstić information content (AvgIpc) is 3.41. The minimum atomic E-state index is -0.389. The molecule has 0 bridgehead atoms. The van der Waals surface area contributed by atoms with Crippen LogP contribution in [0, 0.1) is 0 Å². The van der Waals surface area contributed by atoms with E-state index in [0.717, 1.165) is 0 Å². The predicted octanol–water partition coefficient (Wildman–Crippen LogP) is 3.96. The van der Waals surface area contributed by atoms with Gasteiger partial charge in [-0.3, -0.25) is 4.79 Å². The highest BCUT2D eigenvalue weighted by Gasteiger charge is 2.27. The monoisotopic (exact) mass is 396 g/mol. The summed E-state index contributed by atoms with van der Waals surface area (Å²) in [5.74, 6) is 2.02. The van der Waals surface area contributed by atoms with E-state index in [0.29, 0.717) is 39.4 Å². The molecule has 2 aromatic carbocycles. The standard InChI is InChI=1S/C21H16O8/c1-23-19-14-15(22)20(24-2)16(10-4-5-12-13(8-10)28-9-27-12)29-17(14)11-6-7-26-18(11)21(19)25-3/h4-8H,9H2,1-3H3. The number of rotatable bonds is 4. The topological polar surface area (TPSA) is 89.5 Å². The van der Waals surface area contributed by atoms with Crippen molar-refractivity contribution < 1.29 is 32.5 Å². The molecule has 0 N–H and O–H groups in total. The molecule has 0 saturated heterocycles. The van der Waals surface area contributed by atoms with Crippen molar-refractivity contribution in [2.75, 3.05) is 28.1 Å². The van der Waals surface area contributed by atoms with Gasteiger partial charge in [0.25, 0.3) is 0 Å². The van der Waals surface area contributed by atoms with Gasteiger partial charge in [0.15, 0.2) is 34.2 Å². The van der Waals surface area contributed by atoms with E-state index in [1.165, 1.54) is 27.6 Å². The Morgan fingerprint density at radius 1 is 0.862 bits per heavy atom. The maximum atomic E-state index is 13.4. The van der Waals surface area contributed by atoms with Crippen molar-refractivity contribution >= 4 is 21.9 Å². The normalized spacial score (nSPS) is 12.5. The average molecular weight is 396 g/mol. The molecule has 5 rings (SSSR count). The van der Waals surface area contributed by atoms with Gasteiger partial charge in [0, 0.05) is 5.56 Å². The van der Waals surface area contributed by atoms with Gasteiger partial charge in [-0.15, -0.1) is 0 Å². The Morgan fingerprint density at radius 3 is 2.38 bits per heavy atom. The van der Waals surface area contributed by atoms with Gasteiger partial charge in [0.1, 0.15) is 5.39 Å². The molecular formula is C21H16O8. The molecule has 0 fully saturated rings. The molecule has 0 amide bonds. The summed E-state index contributed by atoms with van der Waals surface area (Å²) in [6.45, 7) is 0.143. The first-order chi connectivity index (χ1) is 14.2. The summed E-state index contributed by atoms with van der Waals surface area (Å²) in [6, 6.07) is 6.97. The number of furan rings is 1. The van der Waals surface area contributed by atoms with E-state index in [4.69, 9.17) is 32.5 Å². The molecule has 0 aliphatic carbocycles. The third-order valence-electron chi connectivity index (χ3n) is 4.87. The van der Waals surface area contributed by atoms with Crippen LogP contribution in [-0.4, -0.2) is 28.1 Å². The molecule has 148 valence electrons. The van der Waals surface area contributed by atoms with Crippen molar-refractivity contribution in [3.63, 3.8) is 0 Å².